The number of aliphatic imine (C=N–C) groups is 1. The van der Waals surface area contributed by atoms with Crippen molar-refractivity contribution in [3.63, 3.8) is 0 Å². The average molecular weight is 182 g/mol. The van der Waals surface area contributed by atoms with Crippen molar-refractivity contribution < 1.29 is 0 Å². The molecule has 0 aromatic rings. The minimum absolute atomic E-state index is 0.747. The van der Waals surface area contributed by atoms with Crippen LogP contribution in [0.5, 0.6) is 0 Å². The van der Waals surface area contributed by atoms with Gasteiger partial charge in [0.15, 0.2) is 5.96 Å². The van der Waals surface area contributed by atoms with E-state index in [1.807, 2.05) is 0 Å². The van der Waals surface area contributed by atoms with Gasteiger partial charge in [-0.15, -0.1) is 0 Å². The number of nitrogens with zero attached hydrogens (tertiary/aromatic N) is 2. The molecule has 1 heterocycles. The van der Waals surface area contributed by atoms with E-state index in [-0.39, 0.29) is 0 Å². The molecule has 0 spiro atoms. The zero-order valence-electron chi connectivity index (χ0n) is 8.43. The molecule has 1 aliphatic rings. The van der Waals surface area contributed by atoms with E-state index in [2.05, 4.69) is 41.2 Å². The first-order valence-corrected chi connectivity index (χ1v) is 4.52. The Bertz CT molecular complexity index is 208. The first-order chi connectivity index (χ1) is 6.18. The molecule has 0 atom stereocenters. The summed E-state index contributed by atoms with van der Waals surface area (Å²) in [5.41, 5.74) is 1.14. The summed E-state index contributed by atoms with van der Waals surface area (Å²) in [5, 5.41) is 6.39. The van der Waals surface area contributed by atoms with Crippen molar-refractivity contribution in [3.05, 3.63) is 12.2 Å². The summed E-state index contributed by atoms with van der Waals surface area (Å²) in [7, 11) is 4.11. The van der Waals surface area contributed by atoms with Gasteiger partial charge in [0, 0.05) is 19.6 Å². The molecule has 4 heteroatoms. The van der Waals surface area contributed by atoms with Gasteiger partial charge >= 0.3 is 0 Å². The largest absolute Gasteiger partial charge is 0.355 e. The van der Waals surface area contributed by atoms with Gasteiger partial charge in [-0.1, -0.05) is 6.58 Å². The molecule has 0 aliphatic carbocycles. The number of hydrogen-bond acceptors (Lipinski definition) is 4. The van der Waals surface area contributed by atoms with E-state index < -0.39 is 0 Å². The van der Waals surface area contributed by atoms with Crippen LogP contribution in [0.25, 0.3) is 0 Å². The fourth-order valence-corrected chi connectivity index (χ4v) is 1.03. The van der Waals surface area contributed by atoms with E-state index in [1.165, 1.54) is 0 Å². The first kappa shape index (κ1) is 10.1. The van der Waals surface area contributed by atoms with Crippen molar-refractivity contribution in [3.8, 4) is 0 Å². The van der Waals surface area contributed by atoms with E-state index in [0.29, 0.717) is 0 Å². The highest BCUT2D eigenvalue weighted by Gasteiger charge is 2.04. The molecule has 1 rings (SSSR count). The fourth-order valence-electron chi connectivity index (χ4n) is 1.03. The second kappa shape index (κ2) is 4.87. The third-order valence-electron chi connectivity index (χ3n) is 1.82. The van der Waals surface area contributed by atoms with Crippen molar-refractivity contribution in [2.24, 2.45) is 4.99 Å². The molecule has 0 saturated heterocycles. The molecule has 1 aliphatic heterocycles. The van der Waals surface area contributed by atoms with Gasteiger partial charge in [-0.05, 0) is 19.7 Å². The Labute approximate surface area is 79.7 Å². The lowest BCUT2D eigenvalue weighted by Crippen LogP contribution is -2.43. The highest BCUT2D eigenvalue weighted by molar-refractivity contribution is 5.81. The number of hydrogen-bond donors (Lipinski definition) is 2. The van der Waals surface area contributed by atoms with Crippen LogP contribution in [0.2, 0.25) is 0 Å². The van der Waals surface area contributed by atoms with Crippen molar-refractivity contribution in [2.75, 3.05) is 40.3 Å². The lowest BCUT2D eigenvalue weighted by Gasteiger charge is -2.18. The molecule has 0 aromatic carbocycles. The maximum absolute atomic E-state index is 4.28. The summed E-state index contributed by atoms with van der Waals surface area (Å²) < 4.78 is 0. The highest BCUT2D eigenvalue weighted by Crippen LogP contribution is 1.93. The van der Waals surface area contributed by atoms with Gasteiger partial charge in [0.05, 0.1) is 6.54 Å². The molecule has 0 bridgehead atoms. The Morgan fingerprint density at radius 1 is 1.62 bits per heavy atom. The van der Waals surface area contributed by atoms with Gasteiger partial charge in [-0.2, -0.15) is 0 Å². The second-order valence-electron chi connectivity index (χ2n) is 3.50. The minimum Gasteiger partial charge on any atom is -0.355 e. The zero-order chi connectivity index (χ0) is 9.68. The Morgan fingerprint density at radius 2 is 2.38 bits per heavy atom. The smallest absolute Gasteiger partial charge is 0.191 e. The predicted octanol–water partition coefficient (Wildman–Crippen LogP) is -0.347. The molecule has 2 N–H and O–H groups in total. The predicted molar refractivity (Wildman–Crippen MR) is 56.0 cm³/mol. The van der Waals surface area contributed by atoms with Crippen molar-refractivity contribution in [2.45, 2.75) is 0 Å². The Hall–Kier alpha value is -1.03. The lowest BCUT2D eigenvalue weighted by molar-refractivity contribution is 0.411. The molecule has 4 nitrogen and oxygen atoms in total. The molecule has 0 aromatic heterocycles. The van der Waals surface area contributed by atoms with E-state index >= 15 is 0 Å². The maximum atomic E-state index is 4.28. The fraction of sp³-hybridized carbons (Fsp3) is 0.667. The topological polar surface area (TPSA) is 39.7 Å². The third-order valence-corrected chi connectivity index (χ3v) is 1.82. The lowest BCUT2D eigenvalue weighted by atomic mass is 10.3. The van der Waals surface area contributed by atoms with Crippen molar-refractivity contribution >= 4 is 5.96 Å². The quantitative estimate of drug-likeness (QED) is 0.586. The summed E-state index contributed by atoms with van der Waals surface area (Å²) in [6.45, 7) is 7.38. The molecule has 74 valence electrons. The molecule has 0 unspecified atom stereocenters. The zero-order valence-corrected chi connectivity index (χ0v) is 8.43. The Morgan fingerprint density at radius 3 is 2.92 bits per heavy atom. The minimum atomic E-state index is 0.747. The van der Waals surface area contributed by atoms with Crippen molar-refractivity contribution in [1.29, 1.82) is 0 Å². The molecule has 0 fully saturated rings. The molecule has 0 saturated carbocycles. The molecule has 0 radical (unpaired) electrons. The van der Waals surface area contributed by atoms with Crippen molar-refractivity contribution in [1.82, 2.24) is 15.5 Å². The van der Waals surface area contributed by atoms with Crippen LogP contribution in [0.15, 0.2) is 17.1 Å². The Balaban J connectivity index is 2.18. The molecular weight excluding hydrogens is 164 g/mol. The SMILES string of the molecule is C=C1CN=C(NCCN(C)C)NC1. The van der Waals surface area contributed by atoms with Crippen LogP contribution in [-0.2, 0) is 0 Å². The molecule has 0 amide bonds. The van der Waals surface area contributed by atoms with Gasteiger partial charge < -0.3 is 15.5 Å². The second-order valence-corrected chi connectivity index (χ2v) is 3.50. The first-order valence-electron chi connectivity index (χ1n) is 4.52. The molecule has 13 heavy (non-hydrogen) atoms. The number of rotatable bonds is 3. The van der Waals surface area contributed by atoms with Crippen LogP contribution in [0.1, 0.15) is 0 Å². The van der Waals surface area contributed by atoms with Crippen LogP contribution in [0.3, 0.4) is 0 Å². The van der Waals surface area contributed by atoms with E-state index in [9.17, 15) is 0 Å². The van der Waals surface area contributed by atoms with Crippen LogP contribution in [-0.4, -0.2) is 51.1 Å². The van der Waals surface area contributed by atoms with Gasteiger partial charge in [-0.3, -0.25) is 0 Å². The van der Waals surface area contributed by atoms with Crippen LogP contribution >= 0.6 is 0 Å². The molecular formula is C9H18N4. The van der Waals surface area contributed by atoms with E-state index in [1.54, 1.807) is 0 Å². The normalized spacial score (nSPS) is 16.8. The van der Waals surface area contributed by atoms with Gasteiger partial charge in [0.1, 0.15) is 0 Å². The highest BCUT2D eigenvalue weighted by atomic mass is 15.2. The summed E-state index contributed by atoms with van der Waals surface area (Å²) in [6.07, 6.45) is 0. The average Bonchev–Trinajstić information content (AvgIpc) is 2.08. The van der Waals surface area contributed by atoms with Gasteiger partial charge in [0.2, 0.25) is 0 Å². The monoisotopic (exact) mass is 182 g/mol. The number of nitrogens with one attached hydrogen (secondary N) is 2. The van der Waals surface area contributed by atoms with E-state index in [4.69, 9.17) is 0 Å². The summed E-state index contributed by atoms with van der Waals surface area (Å²) in [4.78, 5) is 6.42. The third kappa shape index (κ3) is 3.94. The van der Waals surface area contributed by atoms with Crippen LogP contribution in [0, 0.1) is 0 Å². The Kier molecular flexibility index (Phi) is 3.76. The summed E-state index contributed by atoms with van der Waals surface area (Å²) in [5.74, 6) is 0.897. The van der Waals surface area contributed by atoms with Crippen LogP contribution in [0.4, 0.5) is 0 Å². The summed E-state index contributed by atoms with van der Waals surface area (Å²) in [6, 6.07) is 0. The van der Waals surface area contributed by atoms with Gasteiger partial charge in [0.25, 0.3) is 0 Å². The van der Waals surface area contributed by atoms with Crippen LogP contribution < -0.4 is 10.6 Å². The van der Waals surface area contributed by atoms with Gasteiger partial charge in [-0.25, -0.2) is 4.99 Å². The standard InChI is InChI=1S/C9H18N4/c1-8-6-11-9(12-7-8)10-4-5-13(2)3/h1,4-7H2,2-3H3,(H2,10,11,12). The number of likely N-dealkylation sites (N-methyl/N-ethyl adjacent to an activating group) is 1. The maximum Gasteiger partial charge on any atom is 0.191 e. The summed E-state index contributed by atoms with van der Waals surface area (Å²) >= 11 is 0. The van der Waals surface area contributed by atoms with E-state index in [0.717, 1.165) is 37.7 Å². The number of guanidine groups is 1.